The molecule has 0 aromatic heterocycles. The Balaban J connectivity index is 1.36. The second kappa shape index (κ2) is 8.37. The number of fused-ring (bicyclic) bond motifs is 1. The van der Waals surface area contributed by atoms with Crippen molar-refractivity contribution in [2.24, 2.45) is 5.92 Å². The SMILES string of the molecule is C[C@@H]1CN(c2ccc(Cl)cc2)CCN1C(=O)C(=O)NC1(I)CC=C2NC(=O)C[C@H]2C1. The van der Waals surface area contributed by atoms with Crippen molar-refractivity contribution in [3.05, 3.63) is 41.1 Å². The number of amides is 3. The number of benzene rings is 1. The second-order valence-electron chi connectivity index (χ2n) is 8.21. The third-order valence-electron chi connectivity index (χ3n) is 5.98. The molecular weight excluding hydrogens is 519 g/mol. The largest absolute Gasteiger partial charge is 0.368 e. The summed E-state index contributed by atoms with van der Waals surface area (Å²) in [6, 6.07) is 7.54. The molecular formula is C21H24ClIN4O3. The summed E-state index contributed by atoms with van der Waals surface area (Å²) in [5.74, 6) is -0.975. The summed E-state index contributed by atoms with van der Waals surface area (Å²) in [5, 5.41) is 6.49. The number of alkyl halides is 1. The number of allylic oxidation sites excluding steroid dienone is 1. The predicted molar refractivity (Wildman–Crippen MR) is 123 cm³/mol. The summed E-state index contributed by atoms with van der Waals surface area (Å²) in [4.78, 5) is 41.1. The van der Waals surface area contributed by atoms with Crippen LogP contribution < -0.4 is 15.5 Å². The Morgan fingerprint density at radius 3 is 2.70 bits per heavy atom. The molecule has 3 aliphatic rings. The summed E-state index contributed by atoms with van der Waals surface area (Å²) >= 11 is 8.17. The Hall–Kier alpha value is -1.81. The lowest BCUT2D eigenvalue weighted by Gasteiger charge is -2.41. The molecule has 0 radical (unpaired) electrons. The molecule has 160 valence electrons. The zero-order chi connectivity index (χ0) is 21.5. The van der Waals surface area contributed by atoms with Gasteiger partial charge in [-0.3, -0.25) is 14.4 Å². The first-order valence-electron chi connectivity index (χ1n) is 10.1. The Bertz CT molecular complexity index is 906. The van der Waals surface area contributed by atoms with Crippen LogP contribution in [0.1, 0.15) is 26.2 Å². The van der Waals surface area contributed by atoms with Gasteiger partial charge in [0, 0.05) is 54.4 Å². The lowest BCUT2D eigenvalue weighted by atomic mass is 9.89. The number of anilines is 1. The van der Waals surface area contributed by atoms with Crippen LogP contribution in [0.4, 0.5) is 5.69 Å². The Labute approximate surface area is 194 Å². The number of hydrogen-bond donors (Lipinski definition) is 2. The summed E-state index contributed by atoms with van der Waals surface area (Å²) in [6.07, 6.45) is 3.61. The lowest BCUT2D eigenvalue weighted by molar-refractivity contribution is -0.148. The fraction of sp³-hybridized carbons (Fsp3) is 0.476. The monoisotopic (exact) mass is 542 g/mol. The Kier molecular flexibility index (Phi) is 5.98. The average Bonchev–Trinajstić information content (AvgIpc) is 3.06. The van der Waals surface area contributed by atoms with Crippen molar-refractivity contribution in [3.8, 4) is 0 Å². The molecule has 9 heteroatoms. The highest BCUT2D eigenvalue weighted by Crippen LogP contribution is 2.40. The molecule has 0 saturated carbocycles. The van der Waals surface area contributed by atoms with E-state index in [0.29, 0.717) is 43.9 Å². The second-order valence-corrected chi connectivity index (χ2v) is 10.7. The van der Waals surface area contributed by atoms with E-state index in [9.17, 15) is 14.4 Å². The fourth-order valence-electron chi connectivity index (χ4n) is 4.43. The molecule has 2 N–H and O–H groups in total. The molecule has 2 heterocycles. The molecule has 30 heavy (non-hydrogen) atoms. The zero-order valence-electron chi connectivity index (χ0n) is 16.7. The van der Waals surface area contributed by atoms with E-state index in [1.165, 1.54) is 0 Å². The number of halogens is 2. The molecule has 0 spiro atoms. The van der Waals surface area contributed by atoms with E-state index >= 15 is 0 Å². The smallest absolute Gasteiger partial charge is 0.312 e. The number of nitrogens with one attached hydrogen (secondary N) is 2. The molecule has 1 aromatic carbocycles. The van der Waals surface area contributed by atoms with Crippen molar-refractivity contribution in [1.82, 2.24) is 15.5 Å². The van der Waals surface area contributed by atoms with Crippen LogP contribution in [0.3, 0.4) is 0 Å². The highest BCUT2D eigenvalue weighted by atomic mass is 127. The van der Waals surface area contributed by atoms with Gasteiger partial charge < -0.3 is 20.4 Å². The fourth-order valence-corrected chi connectivity index (χ4v) is 5.55. The first-order valence-corrected chi connectivity index (χ1v) is 11.5. The molecule has 1 aliphatic carbocycles. The van der Waals surface area contributed by atoms with Gasteiger partial charge in [-0.05, 0) is 44.0 Å². The highest BCUT2D eigenvalue weighted by molar-refractivity contribution is 14.1. The number of piperazine rings is 1. The van der Waals surface area contributed by atoms with Crippen LogP contribution >= 0.6 is 34.2 Å². The third-order valence-corrected chi connectivity index (χ3v) is 7.39. The van der Waals surface area contributed by atoms with Gasteiger partial charge in [-0.1, -0.05) is 40.3 Å². The number of rotatable bonds is 2. The molecule has 2 saturated heterocycles. The van der Waals surface area contributed by atoms with Gasteiger partial charge in [-0.2, -0.15) is 0 Å². The standard InChI is InChI=1S/C21H24ClIN4O3/c1-13-12-26(16-4-2-15(22)3-5-16)8-9-27(13)20(30)19(29)25-21(23)7-6-17-14(11-21)10-18(28)24-17/h2-6,13-14H,7-12H2,1H3,(H,24,28)(H,25,29)/t13-,14+,21?/m1/s1. The van der Waals surface area contributed by atoms with Gasteiger partial charge in [0.15, 0.2) is 0 Å². The van der Waals surface area contributed by atoms with Crippen LogP contribution in [-0.2, 0) is 14.4 Å². The lowest BCUT2D eigenvalue weighted by Crippen LogP contribution is -2.59. The van der Waals surface area contributed by atoms with Crippen molar-refractivity contribution in [1.29, 1.82) is 0 Å². The van der Waals surface area contributed by atoms with E-state index in [-0.39, 0.29) is 17.9 Å². The first-order chi connectivity index (χ1) is 14.2. The number of carbonyl (C=O) groups is 3. The minimum absolute atomic E-state index is 0.0155. The summed E-state index contributed by atoms with van der Waals surface area (Å²) in [5.41, 5.74) is 2.00. The predicted octanol–water partition coefficient (Wildman–Crippen LogP) is 2.44. The van der Waals surface area contributed by atoms with Gasteiger partial charge in [0.05, 0.1) is 3.55 Å². The Morgan fingerprint density at radius 2 is 2.00 bits per heavy atom. The van der Waals surface area contributed by atoms with Crippen molar-refractivity contribution in [2.45, 2.75) is 35.8 Å². The molecule has 1 aromatic rings. The quantitative estimate of drug-likeness (QED) is 0.260. The highest BCUT2D eigenvalue weighted by Gasteiger charge is 2.42. The molecule has 7 nitrogen and oxygen atoms in total. The van der Waals surface area contributed by atoms with Gasteiger partial charge in [0.2, 0.25) is 5.91 Å². The molecule has 3 amide bonds. The van der Waals surface area contributed by atoms with Crippen LogP contribution in [0, 0.1) is 5.92 Å². The zero-order valence-corrected chi connectivity index (χ0v) is 19.6. The van der Waals surface area contributed by atoms with E-state index < -0.39 is 15.4 Å². The van der Waals surface area contributed by atoms with Gasteiger partial charge >= 0.3 is 11.8 Å². The van der Waals surface area contributed by atoms with E-state index in [4.69, 9.17) is 11.6 Å². The number of nitrogens with zero attached hydrogens (tertiary/aromatic N) is 2. The molecule has 4 rings (SSSR count). The normalized spacial score (nSPS) is 28.5. The van der Waals surface area contributed by atoms with Crippen LogP contribution in [0.2, 0.25) is 5.02 Å². The van der Waals surface area contributed by atoms with E-state index in [1.54, 1.807) is 4.90 Å². The number of carbonyl (C=O) groups excluding carboxylic acids is 3. The summed E-state index contributed by atoms with van der Waals surface area (Å²) in [6.45, 7) is 3.74. The molecule has 2 aliphatic heterocycles. The molecule has 1 unspecified atom stereocenters. The average molecular weight is 543 g/mol. The van der Waals surface area contributed by atoms with Crippen molar-refractivity contribution in [3.63, 3.8) is 0 Å². The molecule has 2 fully saturated rings. The minimum Gasteiger partial charge on any atom is -0.368 e. The maximum absolute atomic E-state index is 12.9. The molecule has 0 bridgehead atoms. The van der Waals surface area contributed by atoms with E-state index in [0.717, 1.165) is 11.4 Å². The minimum atomic E-state index is -0.578. The van der Waals surface area contributed by atoms with Gasteiger partial charge in [-0.25, -0.2) is 0 Å². The van der Waals surface area contributed by atoms with E-state index in [2.05, 4.69) is 38.1 Å². The summed E-state index contributed by atoms with van der Waals surface area (Å²) in [7, 11) is 0. The van der Waals surface area contributed by atoms with Crippen LogP contribution in [0.5, 0.6) is 0 Å². The summed E-state index contributed by atoms with van der Waals surface area (Å²) < 4.78 is -0.556. The van der Waals surface area contributed by atoms with Gasteiger partial charge in [-0.15, -0.1) is 0 Å². The molecule has 3 atom stereocenters. The van der Waals surface area contributed by atoms with E-state index in [1.807, 2.05) is 37.3 Å². The third kappa shape index (κ3) is 4.44. The van der Waals surface area contributed by atoms with Crippen LogP contribution in [-0.4, -0.2) is 51.8 Å². The van der Waals surface area contributed by atoms with Crippen molar-refractivity contribution < 1.29 is 14.4 Å². The van der Waals surface area contributed by atoms with Crippen molar-refractivity contribution in [2.75, 3.05) is 24.5 Å². The maximum Gasteiger partial charge on any atom is 0.312 e. The van der Waals surface area contributed by atoms with Crippen molar-refractivity contribution >= 4 is 57.6 Å². The topological polar surface area (TPSA) is 81.8 Å². The van der Waals surface area contributed by atoms with Gasteiger partial charge in [0.1, 0.15) is 0 Å². The van der Waals surface area contributed by atoms with Crippen LogP contribution in [0.25, 0.3) is 0 Å². The van der Waals surface area contributed by atoms with Gasteiger partial charge in [0.25, 0.3) is 0 Å². The first kappa shape index (κ1) is 21.4. The number of hydrogen-bond acceptors (Lipinski definition) is 4. The maximum atomic E-state index is 12.9. The van der Waals surface area contributed by atoms with Crippen LogP contribution in [0.15, 0.2) is 36.0 Å². The Morgan fingerprint density at radius 1 is 1.27 bits per heavy atom.